The van der Waals surface area contributed by atoms with Crippen molar-refractivity contribution >= 4 is 11.9 Å². The summed E-state index contributed by atoms with van der Waals surface area (Å²) in [6, 6.07) is 0. The van der Waals surface area contributed by atoms with E-state index in [1.807, 2.05) is 0 Å². The number of aliphatic hydroxyl groups excluding tert-OH is 8. The molecule has 3 saturated carbocycles. The van der Waals surface area contributed by atoms with Gasteiger partial charge in [-0.3, -0.25) is 9.59 Å². The first-order valence-corrected chi connectivity index (χ1v) is 26.3. The summed E-state index contributed by atoms with van der Waals surface area (Å²) in [5, 5.41) is 96.0. The fourth-order valence-corrected chi connectivity index (χ4v) is 14.8. The highest BCUT2D eigenvalue weighted by Gasteiger charge is 2.69. The number of carbonyl (C=O) groups excluding carboxylic acids is 2. The Kier molecular flexibility index (Phi) is 16.0. The van der Waals surface area contributed by atoms with Gasteiger partial charge in [-0.25, -0.2) is 0 Å². The lowest BCUT2D eigenvalue weighted by molar-refractivity contribution is -0.390. The largest absolute Gasteiger partial charge is 0.469 e. The third kappa shape index (κ3) is 10.1. The third-order valence-corrected chi connectivity index (χ3v) is 18.9. The van der Waals surface area contributed by atoms with E-state index in [9.17, 15) is 55.5 Å². The summed E-state index contributed by atoms with van der Waals surface area (Å²) in [5.74, 6) is -0.115. The van der Waals surface area contributed by atoms with Crippen LogP contribution in [-0.4, -0.2) is 201 Å². The average molecular weight is 1030 g/mol. The van der Waals surface area contributed by atoms with Crippen LogP contribution in [0.3, 0.4) is 0 Å². The summed E-state index contributed by atoms with van der Waals surface area (Å²) >= 11 is 0. The van der Waals surface area contributed by atoms with Crippen molar-refractivity contribution in [3.63, 3.8) is 0 Å². The van der Waals surface area contributed by atoms with Crippen molar-refractivity contribution in [1.29, 1.82) is 0 Å². The summed E-state index contributed by atoms with van der Waals surface area (Å²) in [5.41, 5.74) is -0.341. The van der Waals surface area contributed by atoms with Crippen LogP contribution < -0.4 is 0 Å². The number of rotatable bonds is 13. The molecule has 0 amide bonds. The molecular weight excluding hydrogens is 949 g/mol. The minimum Gasteiger partial charge on any atom is -0.469 e. The Morgan fingerprint density at radius 2 is 1.51 bits per heavy atom. The molecule has 9 rings (SSSR count). The zero-order valence-corrected chi connectivity index (χ0v) is 42.3. The van der Waals surface area contributed by atoms with Crippen LogP contribution in [0.4, 0.5) is 0 Å². The second kappa shape index (κ2) is 21.1. The fraction of sp³-hybridized carbons (Fsp3) is 0.922. The monoisotopic (exact) mass is 1030 g/mol. The molecule has 21 nitrogen and oxygen atoms in total. The number of aliphatic hydroxyl groups is 9. The second-order valence-corrected chi connectivity index (χ2v) is 23.5. The van der Waals surface area contributed by atoms with Crippen molar-refractivity contribution in [3.8, 4) is 0 Å². The van der Waals surface area contributed by atoms with Crippen molar-refractivity contribution in [3.05, 3.63) is 11.6 Å². The number of fused-ring (bicyclic) bond motifs is 7. The molecule has 0 bridgehead atoms. The van der Waals surface area contributed by atoms with Crippen LogP contribution in [0.2, 0.25) is 0 Å². The molecule has 0 unspecified atom stereocenters. The standard InChI is InChI=1S/C51H80O21/c1-23-36-32(72-51(23)14-9-25(21-66-51)20-64-35(55)18-48(3,62)17-34(54)63-6)16-30-28-8-7-26-15-27(10-12-49(26,4)29(28)11-13-50(30,36)5)68-47-44(71-46-42(61)40(59)37(56)24(2)67-46)43(39(58)33(19-52)69-47)70-45-41(60)38(57)31(53)22-65-45/h7,23-25,27-33,36-47,52-53,56-62H,8-22H2,1-6H3/t23-,24-,25-,27-,28+,29-,30-,31-,32-,33+,36-,37-,38-,39+,40+,41+,42+,43-,44+,45-,46-,47+,48-,49-,50-,51+/m0/s1. The maximum atomic E-state index is 12.6. The molecule has 21 heteroatoms. The first kappa shape index (κ1) is 54.8. The van der Waals surface area contributed by atoms with Crippen molar-refractivity contribution in [2.45, 2.75) is 215 Å². The number of hydrogen-bond acceptors (Lipinski definition) is 21. The molecule has 1 spiro atoms. The average Bonchev–Trinajstić information content (AvgIpc) is 3.79. The van der Waals surface area contributed by atoms with Gasteiger partial charge in [0.05, 0.1) is 70.3 Å². The van der Waals surface area contributed by atoms with Gasteiger partial charge >= 0.3 is 11.9 Å². The second-order valence-electron chi connectivity index (χ2n) is 23.5. The molecule has 5 heterocycles. The maximum absolute atomic E-state index is 12.6. The topological polar surface area (TPSA) is 309 Å². The van der Waals surface area contributed by atoms with Crippen molar-refractivity contribution in [1.82, 2.24) is 0 Å². The Morgan fingerprint density at radius 1 is 0.792 bits per heavy atom. The molecule has 72 heavy (non-hydrogen) atoms. The zero-order chi connectivity index (χ0) is 51.8. The summed E-state index contributed by atoms with van der Waals surface area (Å²) in [7, 11) is 1.23. The predicted octanol–water partition coefficient (Wildman–Crippen LogP) is 0.0807. The molecule has 8 fully saturated rings. The molecule has 410 valence electrons. The summed E-state index contributed by atoms with van der Waals surface area (Å²) < 4.78 is 60.5. The van der Waals surface area contributed by atoms with E-state index < -0.39 is 129 Å². The minimum absolute atomic E-state index is 0.0189. The molecule has 9 N–H and O–H groups in total. The quantitative estimate of drug-likeness (QED) is 0.0872. The lowest BCUT2D eigenvalue weighted by atomic mass is 9.47. The molecule has 0 aromatic rings. The van der Waals surface area contributed by atoms with Crippen molar-refractivity contribution in [2.75, 3.05) is 33.5 Å². The molecule has 4 aliphatic carbocycles. The molecule has 26 atom stereocenters. The van der Waals surface area contributed by atoms with Gasteiger partial charge in [-0.1, -0.05) is 32.4 Å². The summed E-state index contributed by atoms with van der Waals surface area (Å²) in [4.78, 5) is 24.3. The molecule has 9 aliphatic rings. The third-order valence-electron chi connectivity index (χ3n) is 18.9. The van der Waals surface area contributed by atoms with Crippen molar-refractivity contribution in [2.24, 2.45) is 46.3 Å². The van der Waals surface area contributed by atoms with Crippen LogP contribution in [-0.2, 0) is 57.0 Å². The van der Waals surface area contributed by atoms with E-state index in [4.69, 9.17) is 42.6 Å². The Hall–Kier alpha value is -2.00. The normalized spacial score (nSPS) is 51.0. The van der Waals surface area contributed by atoms with Crippen LogP contribution in [0.15, 0.2) is 11.6 Å². The van der Waals surface area contributed by atoms with E-state index >= 15 is 0 Å². The summed E-state index contributed by atoms with van der Waals surface area (Å²) in [6.45, 7) is 9.49. The van der Waals surface area contributed by atoms with Crippen LogP contribution in [0.1, 0.15) is 105 Å². The zero-order valence-electron chi connectivity index (χ0n) is 42.3. The number of carbonyl (C=O) groups is 2. The van der Waals surface area contributed by atoms with E-state index in [0.717, 1.165) is 38.5 Å². The Labute approximate surface area is 420 Å². The van der Waals surface area contributed by atoms with Gasteiger partial charge in [0, 0.05) is 18.3 Å². The lowest BCUT2D eigenvalue weighted by Crippen LogP contribution is -2.66. The van der Waals surface area contributed by atoms with Gasteiger partial charge in [-0.05, 0) is 99.7 Å². The van der Waals surface area contributed by atoms with Crippen LogP contribution >= 0.6 is 0 Å². The number of ether oxygens (including phenoxy) is 10. The Morgan fingerprint density at radius 3 is 2.22 bits per heavy atom. The fourth-order valence-electron chi connectivity index (χ4n) is 14.8. The molecule has 0 aromatic heterocycles. The van der Waals surface area contributed by atoms with Crippen LogP contribution in [0.5, 0.6) is 0 Å². The highest BCUT2D eigenvalue weighted by atomic mass is 16.8. The molecule has 0 radical (unpaired) electrons. The van der Waals surface area contributed by atoms with E-state index in [2.05, 4.69) is 31.6 Å². The van der Waals surface area contributed by atoms with Gasteiger partial charge in [0.2, 0.25) is 0 Å². The van der Waals surface area contributed by atoms with E-state index in [1.54, 1.807) is 0 Å². The lowest BCUT2D eigenvalue weighted by Gasteiger charge is -2.59. The van der Waals surface area contributed by atoms with E-state index in [-0.39, 0.29) is 48.2 Å². The Bertz CT molecular complexity index is 1950. The number of methoxy groups -OCH3 is 1. The molecular formula is C51H80O21. The van der Waals surface area contributed by atoms with Crippen molar-refractivity contribution < 1.29 is 103 Å². The Balaban J connectivity index is 0.852. The minimum atomic E-state index is -1.75. The van der Waals surface area contributed by atoms with Gasteiger partial charge in [-0.2, -0.15) is 0 Å². The first-order valence-electron chi connectivity index (χ1n) is 26.3. The molecule has 5 saturated heterocycles. The molecule has 0 aromatic carbocycles. The number of hydrogen-bond donors (Lipinski definition) is 9. The van der Waals surface area contributed by atoms with Gasteiger partial charge in [-0.15, -0.1) is 0 Å². The van der Waals surface area contributed by atoms with Gasteiger partial charge < -0.3 is 93.3 Å². The molecule has 5 aliphatic heterocycles. The van der Waals surface area contributed by atoms with Crippen LogP contribution in [0.25, 0.3) is 0 Å². The van der Waals surface area contributed by atoms with E-state index in [0.29, 0.717) is 49.5 Å². The van der Waals surface area contributed by atoms with Gasteiger partial charge in [0.1, 0.15) is 61.0 Å². The highest BCUT2D eigenvalue weighted by molar-refractivity contribution is 5.74. The number of esters is 2. The highest BCUT2D eigenvalue weighted by Crippen LogP contribution is 2.71. The SMILES string of the molecule is COC(=O)C[C@](C)(O)CC(=O)OC[C@@H]1CC[C@@]2(OC1)O[C@H]1C[C@H]3[C@@H]4CC=C5C[C@@H](O[C@@H]6O[C@H](CO)[C@@H](O)[C@H](O[C@@H]7OC[C@H](O)[C@H](O)[C@H]7O)[C@H]6O[C@@H]6O[C@@H](C)[C@H](O)[C@@H](O)[C@H]6O)CC[C@]5(C)[C@H]4CC[C@]3(C)[C@H]1[C@@H]2C. The number of allylic oxidation sites excluding steroid dienone is 1. The van der Waals surface area contributed by atoms with Gasteiger partial charge in [0.25, 0.3) is 0 Å². The smallest absolute Gasteiger partial charge is 0.308 e. The van der Waals surface area contributed by atoms with E-state index in [1.165, 1.54) is 26.5 Å². The maximum Gasteiger partial charge on any atom is 0.308 e. The van der Waals surface area contributed by atoms with Crippen LogP contribution in [0, 0.1) is 46.3 Å². The van der Waals surface area contributed by atoms with Gasteiger partial charge in [0.15, 0.2) is 24.7 Å². The predicted molar refractivity (Wildman–Crippen MR) is 245 cm³/mol. The summed E-state index contributed by atoms with van der Waals surface area (Å²) in [6.07, 6.45) is -12.2. The first-order chi connectivity index (χ1) is 34.0.